The Labute approximate surface area is 156 Å². The van der Waals surface area contributed by atoms with E-state index >= 15 is 0 Å². The number of benzene rings is 1. The number of nitrogens with zero attached hydrogens (tertiary/aromatic N) is 4. The summed E-state index contributed by atoms with van der Waals surface area (Å²) in [6.07, 6.45) is 8.06. The molecular weight excluding hydrogens is 650 g/mol. The van der Waals surface area contributed by atoms with Crippen molar-refractivity contribution in [2.24, 2.45) is 0 Å². The molecule has 0 bridgehead atoms. The van der Waals surface area contributed by atoms with Crippen molar-refractivity contribution in [3.63, 3.8) is 0 Å². The summed E-state index contributed by atoms with van der Waals surface area (Å²) in [5, 5.41) is 0. The first-order valence-corrected chi connectivity index (χ1v) is 8.75. The zero-order valence-electron chi connectivity index (χ0n) is 11.5. The van der Waals surface area contributed by atoms with Gasteiger partial charge in [-0.15, -0.1) is 29.6 Å². The van der Waals surface area contributed by atoms with Gasteiger partial charge in [-0.3, -0.25) is 0 Å². The monoisotopic (exact) mass is 664 g/mol. The Balaban J connectivity index is 0.000000706. The second kappa shape index (κ2) is 8.88. The number of anilines is 2. The first kappa shape index (κ1) is 18.6. The molecule has 2 aliphatic heterocycles. The van der Waals surface area contributed by atoms with E-state index in [1.54, 1.807) is 18.8 Å². The molecule has 0 amide bonds. The van der Waals surface area contributed by atoms with Crippen molar-refractivity contribution in [2.75, 3.05) is 23.9 Å². The van der Waals surface area contributed by atoms with Gasteiger partial charge >= 0.3 is 28.2 Å². The van der Waals surface area contributed by atoms with Crippen LogP contribution in [0.5, 0.6) is 0 Å². The number of halogens is 1. The summed E-state index contributed by atoms with van der Waals surface area (Å²) in [6, 6.07) is 9.54. The van der Waals surface area contributed by atoms with Crippen molar-refractivity contribution in [2.45, 2.75) is 0 Å². The van der Waals surface area contributed by atoms with E-state index in [9.17, 15) is 0 Å². The number of hydrogen-bond acceptors (Lipinski definition) is 4. The van der Waals surface area contributed by atoms with E-state index in [2.05, 4.69) is 15.5 Å². The van der Waals surface area contributed by atoms with Crippen molar-refractivity contribution < 1.29 is 39.8 Å². The minimum absolute atomic E-state index is 0. The fourth-order valence-electron chi connectivity index (χ4n) is 1.93. The Hall–Kier alpha value is -0.433. The van der Waals surface area contributed by atoms with E-state index in [-0.39, 0.29) is 21.1 Å². The molecule has 21 heavy (non-hydrogen) atoms. The second-order valence-corrected chi connectivity index (χ2v) is 4.39. The van der Waals surface area contributed by atoms with Crippen LogP contribution in [0.4, 0.5) is 11.4 Å². The van der Waals surface area contributed by atoms with Crippen LogP contribution in [0, 0.1) is 19.4 Å². The van der Waals surface area contributed by atoms with Gasteiger partial charge in [0.25, 0.3) is 0 Å². The molecule has 0 unspecified atom stereocenters. The van der Waals surface area contributed by atoms with E-state index < -0.39 is 0 Å². The van der Waals surface area contributed by atoms with Crippen molar-refractivity contribution >= 4 is 20.8 Å². The van der Waals surface area contributed by atoms with Gasteiger partial charge in [0, 0.05) is 21.1 Å². The van der Waals surface area contributed by atoms with E-state index in [1.165, 1.54) is 0 Å². The first-order valence-electron chi connectivity index (χ1n) is 5.94. The van der Waals surface area contributed by atoms with Gasteiger partial charge in [-0.1, -0.05) is 0 Å². The average molecular weight is 665 g/mol. The molecule has 0 fully saturated rings. The van der Waals surface area contributed by atoms with Crippen molar-refractivity contribution in [3.05, 3.63) is 62.4 Å². The SMILES string of the molecule is CN1C=CN(c2[c-]c(N3C=CN(C)[CH-]3)ccc2)[CH-]1.[Cl][Pt].[Pt]. The van der Waals surface area contributed by atoms with Crippen LogP contribution in [0.15, 0.2) is 43.0 Å². The van der Waals surface area contributed by atoms with Crippen LogP contribution in [0.1, 0.15) is 0 Å². The van der Waals surface area contributed by atoms with Gasteiger partial charge in [0.05, 0.1) is 0 Å². The molecule has 0 atom stereocenters. The summed E-state index contributed by atoms with van der Waals surface area (Å²) < 4.78 is 0. The zero-order valence-corrected chi connectivity index (χ0v) is 16.8. The van der Waals surface area contributed by atoms with Crippen LogP contribution in [-0.4, -0.2) is 23.9 Å². The summed E-state index contributed by atoms with van der Waals surface area (Å²) in [6.45, 7) is 4.04. The quantitative estimate of drug-likeness (QED) is 0.452. The zero-order chi connectivity index (χ0) is 14.5. The van der Waals surface area contributed by atoms with Crippen molar-refractivity contribution in [1.82, 2.24) is 9.80 Å². The maximum atomic E-state index is 4.61. The van der Waals surface area contributed by atoms with Gasteiger partial charge in [-0.2, -0.15) is 19.4 Å². The molecule has 0 spiro atoms. The Morgan fingerprint density at radius 2 is 1.33 bits per heavy atom. The Morgan fingerprint density at radius 1 is 0.905 bits per heavy atom. The van der Waals surface area contributed by atoms with E-state index in [0.29, 0.717) is 0 Å². The molecule has 2 aliphatic rings. The van der Waals surface area contributed by atoms with Gasteiger partial charge in [0.1, 0.15) is 0 Å². The number of hydrogen-bond donors (Lipinski definition) is 0. The van der Waals surface area contributed by atoms with Crippen LogP contribution in [-0.2, 0) is 39.8 Å². The van der Waals surface area contributed by atoms with Crippen LogP contribution in [0.25, 0.3) is 0 Å². The van der Waals surface area contributed by atoms with Crippen LogP contribution in [0.2, 0.25) is 0 Å². The van der Waals surface area contributed by atoms with E-state index in [1.807, 2.05) is 90.0 Å². The molecule has 2 heterocycles. The third kappa shape index (κ3) is 4.77. The molecular formula is C14H15ClN4Pt2-3. The fraction of sp³-hybridized carbons (Fsp3) is 0.143. The Bertz CT molecular complexity index is 468. The number of rotatable bonds is 2. The predicted octanol–water partition coefficient (Wildman–Crippen LogP) is 2.86. The molecule has 0 aromatic heterocycles. The minimum Gasteiger partial charge on any atom is 0 e. The molecule has 121 valence electrons. The van der Waals surface area contributed by atoms with Gasteiger partial charge in [-0.25, -0.2) is 0 Å². The second-order valence-electron chi connectivity index (χ2n) is 4.39. The summed E-state index contributed by atoms with van der Waals surface area (Å²) in [5.41, 5.74) is 2.06. The maximum absolute atomic E-state index is 4.61. The Kier molecular flexibility index (Phi) is 7.87. The van der Waals surface area contributed by atoms with Gasteiger partial charge in [0.2, 0.25) is 0 Å². The maximum Gasteiger partial charge on any atom is 0 e. The average Bonchev–Trinajstić information content (AvgIpc) is 3.10. The van der Waals surface area contributed by atoms with Crippen LogP contribution >= 0.6 is 9.42 Å². The minimum atomic E-state index is 0. The summed E-state index contributed by atoms with van der Waals surface area (Å²) in [7, 11) is 8.62. The molecule has 3 rings (SSSR count). The first-order chi connectivity index (χ1) is 9.72. The molecule has 0 saturated carbocycles. The topological polar surface area (TPSA) is 13.0 Å². The van der Waals surface area contributed by atoms with Crippen LogP contribution < -0.4 is 9.80 Å². The summed E-state index contributed by atoms with van der Waals surface area (Å²) >= 11 is 1.61. The fourth-order valence-corrected chi connectivity index (χ4v) is 1.93. The largest absolute Gasteiger partial charge is 0 e. The molecule has 1 aromatic carbocycles. The molecule has 4 nitrogen and oxygen atoms in total. The van der Waals surface area contributed by atoms with Gasteiger partial charge < -0.3 is 19.6 Å². The third-order valence-electron chi connectivity index (χ3n) is 2.86. The van der Waals surface area contributed by atoms with Gasteiger partial charge in [0.15, 0.2) is 0 Å². The molecule has 0 saturated heterocycles. The summed E-state index contributed by atoms with van der Waals surface area (Å²) in [5.74, 6) is 0. The molecule has 0 radical (unpaired) electrons. The molecule has 7 heteroatoms. The normalized spacial score (nSPS) is 16.0. The third-order valence-corrected chi connectivity index (χ3v) is 2.86. The molecule has 0 aliphatic carbocycles. The van der Waals surface area contributed by atoms with E-state index in [0.717, 1.165) is 11.4 Å². The van der Waals surface area contributed by atoms with Crippen molar-refractivity contribution in [3.8, 4) is 0 Å². The Morgan fingerprint density at radius 3 is 1.67 bits per heavy atom. The van der Waals surface area contributed by atoms with E-state index in [4.69, 9.17) is 0 Å². The summed E-state index contributed by atoms with van der Waals surface area (Å²) in [4.78, 5) is 8.12. The predicted molar refractivity (Wildman–Crippen MR) is 78.5 cm³/mol. The molecule has 0 N–H and O–H groups in total. The van der Waals surface area contributed by atoms with Gasteiger partial charge in [-0.05, 0) is 38.9 Å². The molecule has 1 aromatic rings. The smallest absolute Gasteiger partial charge is 0 e. The van der Waals surface area contributed by atoms with Crippen molar-refractivity contribution in [1.29, 1.82) is 0 Å². The standard InChI is InChI=1S/C14H15N4.ClH.2Pt/c1-15-6-8-17(11-15)13-4-3-5-14(10-13)18-9-7-16(2)12-18;;;/h3-9,11-12H,1-2H3;1H;;/q-3;;;+1/p-1. The van der Waals surface area contributed by atoms with Crippen LogP contribution in [0.3, 0.4) is 0 Å².